The lowest BCUT2D eigenvalue weighted by Gasteiger charge is -2.12. The smallest absolute Gasteiger partial charge is 0.116 e. The number of rotatable bonds is 10. The van der Waals surface area contributed by atoms with Gasteiger partial charge in [0.25, 0.3) is 0 Å². The van der Waals surface area contributed by atoms with Crippen LogP contribution in [-0.4, -0.2) is 60.3 Å². The van der Waals surface area contributed by atoms with Gasteiger partial charge in [0, 0.05) is 80.4 Å². The topological polar surface area (TPSA) is 178 Å². The fourth-order valence-electron chi connectivity index (χ4n) is 8.26. The highest BCUT2D eigenvalue weighted by atomic mass is 32.1. The number of hydrogen-bond acceptors (Lipinski definition) is 11. The first kappa shape index (κ1) is 43.7. The third-order valence-corrected chi connectivity index (χ3v) is 13.1. The molecule has 0 bridgehead atoms. The Balaban J connectivity index is 0.000000155. The highest BCUT2D eigenvalue weighted by Gasteiger charge is 2.18. The predicted octanol–water partition coefficient (Wildman–Crippen LogP) is 13.9. The average Bonchev–Trinajstić information content (AvgIpc) is 4.23. The summed E-state index contributed by atoms with van der Waals surface area (Å²) in [5.41, 5.74) is 16.0. The van der Waals surface area contributed by atoms with E-state index in [-0.39, 0.29) is 0 Å². The average molecular weight is 930 g/mol. The van der Waals surface area contributed by atoms with Crippen LogP contribution in [-0.2, 0) is 0 Å². The maximum atomic E-state index is 4.66. The Kier molecular flexibility index (Phi) is 12.2. The molecule has 0 amide bonds. The number of allylic oxidation sites excluding steroid dienone is 1. The zero-order valence-electron chi connectivity index (χ0n) is 38.1. The number of aromatic amines is 4. The van der Waals surface area contributed by atoms with Gasteiger partial charge in [-0.05, 0) is 96.2 Å². The van der Waals surface area contributed by atoms with Gasteiger partial charge in [0.05, 0.1) is 79.2 Å². The number of hydrogen-bond donors (Lipinski definition) is 5. The van der Waals surface area contributed by atoms with Gasteiger partial charge in [-0.2, -0.15) is 10.2 Å². The molecule has 0 atom stereocenters. The van der Waals surface area contributed by atoms with Crippen molar-refractivity contribution >= 4 is 72.0 Å². The summed E-state index contributed by atoms with van der Waals surface area (Å²) in [6, 6.07) is 24.7. The van der Waals surface area contributed by atoms with Crippen LogP contribution in [0.4, 0.5) is 5.69 Å². The number of H-pyrrole nitrogens is 4. The van der Waals surface area contributed by atoms with Gasteiger partial charge in [-0.3, -0.25) is 40.1 Å². The van der Waals surface area contributed by atoms with Crippen LogP contribution in [0.1, 0.15) is 39.7 Å². The van der Waals surface area contributed by atoms with E-state index in [1.807, 2.05) is 87.4 Å². The number of fused-ring (bicyclic) bond motifs is 4. The summed E-state index contributed by atoms with van der Waals surface area (Å²) < 4.78 is 0. The van der Waals surface area contributed by atoms with E-state index in [0.717, 1.165) is 133 Å². The number of pyridine rings is 6. The quantitative estimate of drug-likeness (QED) is 0.0892. The van der Waals surface area contributed by atoms with Crippen molar-refractivity contribution < 1.29 is 0 Å². The van der Waals surface area contributed by atoms with Gasteiger partial charge in [-0.15, -0.1) is 22.7 Å². The SMILES string of the molecule is C=C(CC(C)C)Nc1cncc(-c2cc3c(-c4cc5c(-c6cccs6)nccc5[nH]4)n[nH]c3cn2)c1.CC.Cc1ccncc1-c1cc2c(-c3cc4c(-c5cccs5)nccc4[nH]3)n[nH]c2cn1. The number of aromatic nitrogens is 12. The summed E-state index contributed by atoms with van der Waals surface area (Å²) in [5, 5.41) is 27.1. The molecule has 13 nitrogen and oxygen atoms in total. The van der Waals surface area contributed by atoms with Crippen LogP contribution in [0.15, 0.2) is 145 Å². The molecule has 0 unspecified atom stereocenters. The highest BCUT2D eigenvalue weighted by Crippen LogP contribution is 2.37. The second-order valence-electron chi connectivity index (χ2n) is 16.4. The molecule has 0 aliphatic carbocycles. The minimum absolute atomic E-state index is 0.534. The van der Waals surface area contributed by atoms with Crippen LogP contribution in [0.3, 0.4) is 0 Å². The normalized spacial score (nSPS) is 11.3. The molecule has 12 heterocycles. The number of thiophene rings is 2. The Hall–Kier alpha value is -8.14. The van der Waals surface area contributed by atoms with Crippen LogP contribution in [0.5, 0.6) is 0 Å². The fourth-order valence-corrected chi connectivity index (χ4v) is 9.73. The summed E-state index contributed by atoms with van der Waals surface area (Å²) >= 11 is 3.37. The molecule has 336 valence electrons. The maximum absolute atomic E-state index is 4.66. The lowest BCUT2D eigenvalue weighted by Crippen LogP contribution is -2.02. The lowest BCUT2D eigenvalue weighted by molar-refractivity contribution is 0.645. The molecule has 0 saturated carbocycles. The molecule has 0 aromatic carbocycles. The molecule has 0 aliphatic rings. The van der Waals surface area contributed by atoms with Gasteiger partial charge in [0.2, 0.25) is 0 Å². The largest absolute Gasteiger partial charge is 0.358 e. The van der Waals surface area contributed by atoms with Gasteiger partial charge in [-0.1, -0.05) is 46.4 Å². The number of nitrogens with zero attached hydrogens (tertiary/aromatic N) is 8. The van der Waals surface area contributed by atoms with Gasteiger partial charge >= 0.3 is 0 Å². The molecule has 12 aromatic heterocycles. The molecule has 12 rings (SSSR count). The van der Waals surface area contributed by atoms with Crippen molar-refractivity contribution in [3.63, 3.8) is 0 Å². The van der Waals surface area contributed by atoms with Crippen molar-refractivity contribution in [2.45, 2.75) is 41.0 Å². The van der Waals surface area contributed by atoms with Gasteiger partial charge in [0.15, 0.2) is 0 Å². The third kappa shape index (κ3) is 8.67. The predicted molar refractivity (Wildman–Crippen MR) is 279 cm³/mol. The molecule has 0 fully saturated rings. The summed E-state index contributed by atoms with van der Waals surface area (Å²) in [5.74, 6) is 0.534. The molecular weight excluding hydrogens is 883 g/mol. The summed E-state index contributed by atoms with van der Waals surface area (Å²) in [4.78, 5) is 36.5. The molecule has 0 saturated heterocycles. The lowest BCUT2D eigenvalue weighted by atomic mass is 10.1. The van der Waals surface area contributed by atoms with Crippen LogP contribution >= 0.6 is 22.7 Å². The highest BCUT2D eigenvalue weighted by molar-refractivity contribution is 7.13. The Labute approximate surface area is 400 Å². The van der Waals surface area contributed by atoms with Crippen LogP contribution in [0.2, 0.25) is 0 Å². The zero-order valence-corrected chi connectivity index (χ0v) is 39.7. The first-order valence-electron chi connectivity index (χ1n) is 22.4. The van der Waals surface area contributed by atoms with Crippen molar-refractivity contribution in [3.05, 3.63) is 151 Å². The number of anilines is 1. The van der Waals surface area contributed by atoms with E-state index in [9.17, 15) is 0 Å². The molecule has 0 radical (unpaired) electrons. The third-order valence-electron chi connectivity index (χ3n) is 11.3. The minimum Gasteiger partial charge on any atom is -0.358 e. The van der Waals surface area contributed by atoms with Crippen molar-refractivity contribution in [1.82, 2.24) is 60.3 Å². The Bertz CT molecular complexity index is 3690. The Morgan fingerprint density at radius 1 is 0.603 bits per heavy atom. The standard InChI is InChI=1S/C28H25N7S.C23H16N6S.C2H6/c1-16(2)9-17(3)32-19-10-18(13-29-14-19)23-11-21-25(15-31-23)34-35-27(21)24-12-20-22(33-24)6-7-30-28(20)26-5-4-8-36-26;1-13-4-6-24-11-16(13)18-9-15-20(12-26-18)28-29-22(15)19-10-14-17(27-19)5-7-25-23(14)21-3-2-8-30-21;1-2/h4-8,10-16,32-33H,3,9H2,1-2H3,(H,34,35);2-12,27H,1H3,(H,28,29);1-2H3. The monoisotopic (exact) mass is 929 g/mol. The summed E-state index contributed by atoms with van der Waals surface area (Å²) in [6.07, 6.45) is 15.5. The molecule has 12 aromatic rings. The van der Waals surface area contributed by atoms with Crippen LogP contribution in [0, 0.1) is 12.8 Å². The van der Waals surface area contributed by atoms with Crippen molar-refractivity contribution in [3.8, 4) is 66.4 Å². The van der Waals surface area contributed by atoms with E-state index in [2.05, 4.69) is 140 Å². The van der Waals surface area contributed by atoms with E-state index in [0.29, 0.717) is 5.92 Å². The Morgan fingerprint density at radius 3 is 1.74 bits per heavy atom. The van der Waals surface area contributed by atoms with E-state index in [1.54, 1.807) is 35.1 Å². The molecule has 0 aliphatic heterocycles. The minimum atomic E-state index is 0.534. The van der Waals surface area contributed by atoms with Gasteiger partial charge in [-0.25, -0.2) is 0 Å². The van der Waals surface area contributed by atoms with Gasteiger partial charge < -0.3 is 15.3 Å². The fraction of sp³-hybridized carbons (Fsp3) is 0.132. The first-order chi connectivity index (χ1) is 33.3. The first-order valence-corrected chi connectivity index (χ1v) is 24.1. The molecule has 0 spiro atoms. The van der Waals surface area contributed by atoms with Crippen molar-refractivity contribution in [1.29, 1.82) is 0 Å². The van der Waals surface area contributed by atoms with Gasteiger partial charge in [0.1, 0.15) is 11.4 Å². The second kappa shape index (κ2) is 19.0. The molecule has 68 heavy (non-hydrogen) atoms. The van der Waals surface area contributed by atoms with E-state index in [1.165, 1.54) is 0 Å². The zero-order chi connectivity index (χ0) is 46.7. The number of aryl methyl sites for hydroxylation is 1. The van der Waals surface area contributed by atoms with Crippen molar-refractivity contribution in [2.75, 3.05) is 5.32 Å². The van der Waals surface area contributed by atoms with E-state index < -0.39 is 0 Å². The molecular formula is C53H47N13S2. The molecule has 15 heteroatoms. The summed E-state index contributed by atoms with van der Waals surface area (Å²) in [7, 11) is 0. The molecule has 5 N–H and O–H groups in total. The van der Waals surface area contributed by atoms with E-state index >= 15 is 0 Å². The number of nitrogens with one attached hydrogen (secondary N) is 5. The van der Waals surface area contributed by atoms with E-state index in [4.69, 9.17) is 0 Å². The maximum Gasteiger partial charge on any atom is 0.116 e. The van der Waals surface area contributed by atoms with Crippen LogP contribution < -0.4 is 5.32 Å². The summed E-state index contributed by atoms with van der Waals surface area (Å²) in [6.45, 7) is 14.6. The Morgan fingerprint density at radius 2 is 1.18 bits per heavy atom. The van der Waals surface area contributed by atoms with Crippen molar-refractivity contribution in [2.24, 2.45) is 5.92 Å². The second-order valence-corrected chi connectivity index (χ2v) is 18.3. The van der Waals surface area contributed by atoms with Crippen LogP contribution in [0.25, 0.3) is 110 Å².